The van der Waals surface area contributed by atoms with E-state index in [2.05, 4.69) is 50.4 Å². The molecule has 0 spiro atoms. The van der Waals surface area contributed by atoms with Crippen molar-refractivity contribution in [2.24, 2.45) is 5.92 Å². The summed E-state index contributed by atoms with van der Waals surface area (Å²) in [7, 11) is 0. The molecular formula is C26H29N3S3. The van der Waals surface area contributed by atoms with Crippen LogP contribution in [-0.4, -0.2) is 27.0 Å². The van der Waals surface area contributed by atoms with Crippen LogP contribution in [0.5, 0.6) is 0 Å². The van der Waals surface area contributed by atoms with Crippen molar-refractivity contribution in [2.45, 2.75) is 62.6 Å². The molecule has 0 unspecified atom stereocenters. The van der Waals surface area contributed by atoms with Gasteiger partial charge in [-0.1, -0.05) is 55.9 Å². The Labute approximate surface area is 202 Å². The highest BCUT2D eigenvalue weighted by molar-refractivity contribution is 7.99. The predicted molar refractivity (Wildman–Crippen MR) is 141 cm³/mol. The van der Waals surface area contributed by atoms with Crippen molar-refractivity contribution in [2.75, 3.05) is 12.0 Å². The molecule has 0 saturated heterocycles. The molecule has 1 aromatic carbocycles. The molecule has 0 amide bonds. The van der Waals surface area contributed by atoms with E-state index in [1.54, 1.807) is 23.1 Å². The molecule has 0 saturated carbocycles. The Morgan fingerprint density at radius 2 is 1.84 bits per heavy atom. The lowest BCUT2D eigenvalue weighted by molar-refractivity contribution is 0.632. The van der Waals surface area contributed by atoms with Crippen LogP contribution in [0.15, 0.2) is 40.5 Å². The second kappa shape index (κ2) is 9.70. The van der Waals surface area contributed by atoms with Crippen LogP contribution < -0.4 is 0 Å². The number of nitrogens with zero attached hydrogens (tertiary/aromatic N) is 3. The average molecular weight is 480 g/mol. The number of hydrogen-bond donors (Lipinski definition) is 0. The van der Waals surface area contributed by atoms with Gasteiger partial charge in [0.15, 0.2) is 5.16 Å². The first kappa shape index (κ1) is 22.2. The van der Waals surface area contributed by atoms with E-state index in [0.29, 0.717) is 5.92 Å². The maximum Gasteiger partial charge on any atom is 0.189 e. The molecule has 3 aromatic heterocycles. The van der Waals surface area contributed by atoms with Gasteiger partial charge >= 0.3 is 0 Å². The molecule has 1 aliphatic carbocycles. The predicted octanol–water partition coefficient (Wildman–Crippen LogP) is 7.37. The Bertz CT molecular complexity index is 1250. The van der Waals surface area contributed by atoms with Crippen LogP contribution in [0.25, 0.3) is 20.4 Å². The third-order valence-electron chi connectivity index (χ3n) is 6.04. The zero-order valence-corrected chi connectivity index (χ0v) is 21.4. The summed E-state index contributed by atoms with van der Waals surface area (Å²) in [5.41, 5.74) is 6.89. The van der Waals surface area contributed by atoms with Crippen molar-refractivity contribution < 1.29 is 0 Å². The van der Waals surface area contributed by atoms with E-state index in [1.807, 2.05) is 11.8 Å². The van der Waals surface area contributed by atoms with Crippen molar-refractivity contribution in [1.29, 1.82) is 0 Å². The Kier molecular flexibility index (Phi) is 6.72. The summed E-state index contributed by atoms with van der Waals surface area (Å²) in [6.07, 6.45) is 8.95. The average Bonchev–Trinajstić information content (AvgIpc) is 3.41. The number of pyridine rings is 1. The van der Waals surface area contributed by atoms with E-state index in [1.165, 1.54) is 45.3 Å². The molecule has 6 heteroatoms. The summed E-state index contributed by atoms with van der Waals surface area (Å²) >= 11 is 5.32. The van der Waals surface area contributed by atoms with Gasteiger partial charge in [-0.05, 0) is 73.1 Å². The van der Waals surface area contributed by atoms with Gasteiger partial charge in [-0.15, -0.1) is 23.1 Å². The van der Waals surface area contributed by atoms with Crippen molar-refractivity contribution in [3.8, 4) is 0 Å². The summed E-state index contributed by atoms with van der Waals surface area (Å²) in [6.45, 7) is 4.58. The zero-order valence-electron chi connectivity index (χ0n) is 19.0. The van der Waals surface area contributed by atoms with E-state index in [4.69, 9.17) is 15.0 Å². The highest BCUT2D eigenvalue weighted by atomic mass is 32.2. The Morgan fingerprint density at radius 1 is 1.03 bits per heavy atom. The molecule has 3 heterocycles. The van der Waals surface area contributed by atoms with Gasteiger partial charge in [0.2, 0.25) is 0 Å². The molecule has 1 aliphatic rings. The number of fused-ring (bicyclic) bond motifs is 5. The maximum absolute atomic E-state index is 5.19. The number of thiophene rings is 1. The van der Waals surface area contributed by atoms with E-state index < -0.39 is 0 Å². The van der Waals surface area contributed by atoms with Crippen LogP contribution in [0.4, 0.5) is 0 Å². The summed E-state index contributed by atoms with van der Waals surface area (Å²) in [5, 5.41) is 3.32. The summed E-state index contributed by atoms with van der Waals surface area (Å²) in [5.74, 6) is 1.69. The maximum atomic E-state index is 5.19. The van der Waals surface area contributed by atoms with E-state index in [9.17, 15) is 0 Å². The fourth-order valence-electron chi connectivity index (χ4n) is 4.63. The van der Waals surface area contributed by atoms with Crippen LogP contribution in [0.1, 0.15) is 49.1 Å². The minimum absolute atomic E-state index is 0.623. The van der Waals surface area contributed by atoms with Gasteiger partial charge in [0.1, 0.15) is 9.86 Å². The van der Waals surface area contributed by atoms with Crippen molar-refractivity contribution >= 4 is 55.3 Å². The van der Waals surface area contributed by atoms with Crippen LogP contribution in [0, 0.1) is 5.92 Å². The lowest BCUT2D eigenvalue weighted by Gasteiger charge is -2.11. The summed E-state index contributed by atoms with van der Waals surface area (Å²) in [4.78, 5) is 16.3. The standard InChI is InChI=1S/C26H29N3S3/c1-16(2)15-20-18-12-7-13-19(18)21-22-23(32-24(21)27-20)25(29-26(28-22)30-3)31-14-8-11-17-9-5-4-6-10-17/h4-6,9-10,16H,7-8,11-15H2,1-3H3. The Balaban J connectivity index is 1.51. The SMILES string of the molecule is CSc1nc(SCCCc2ccccc2)c2sc3nc(CC(C)C)c4c(c3c2n1)CCC4. The lowest BCUT2D eigenvalue weighted by Crippen LogP contribution is -2.03. The number of aryl methyl sites for hydroxylation is 2. The van der Waals surface area contributed by atoms with Crippen LogP contribution >= 0.6 is 34.9 Å². The van der Waals surface area contributed by atoms with Crippen LogP contribution in [0.3, 0.4) is 0 Å². The first-order valence-electron chi connectivity index (χ1n) is 11.5. The van der Waals surface area contributed by atoms with Crippen molar-refractivity contribution in [1.82, 2.24) is 15.0 Å². The zero-order chi connectivity index (χ0) is 22.1. The molecule has 32 heavy (non-hydrogen) atoms. The normalized spacial score (nSPS) is 13.5. The van der Waals surface area contributed by atoms with Crippen molar-refractivity contribution in [3.63, 3.8) is 0 Å². The number of rotatable bonds is 8. The number of hydrogen-bond acceptors (Lipinski definition) is 6. The van der Waals surface area contributed by atoms with Gasteiger partial charge in [-0.3, -0.25) is 0 Å². The Hall–Kier alpha value is -1.63. The van der Waals surface area contributed by atoms with Gasteiger partial charge in [-0.2, -0.15) is 0 Å². The number of aromatic nitrogens is 3. The van der Waals surface area contributed by atoms with Crippen LogP contribution in [-0.2, 0) is 25.7 Å². The van der Waals surface area contributed by atoms with Crippen molar-refractivity contribution in [3.05, 3.63) is 52.7 Å². The third-order valence-corrected chi connectivity index (χ3v) is 8.86. The highest BCUT2D eigenvalue weighted by Crippen LogP contribution is 2.43. The highest BCUT2D eigenvalue weighted by Gasteiger charge is 2.25. The molecule has 0 aliphatic heterocycles. The molecule has 0 N–H and O–H groups in total. The lowest BCUT2D eigenvalue weighted by atomic mass is 9.99. The molecule has 5 rings (SSSR count). The molecule has 4 aromatic rings. The second-order valence-electron chi connectivity index (χ2n) is 8.88. The largest absolute Gasteiger partial charge is 0.242 e. The monoisotopic (exact) mass is 479 g/mol. The molecule has 0 fully saturated rings. The summed E-state index contributed by atoms with van der Waals surface area (Å²) in [6, 6.07) is 10.8. The smallest absolute Gasteiger partial charge is 0.189 e. The van der Waals surface area contributed by atoms with E-state index >= 15 is 0 Å². The molecule has 3 nitrogen and oxygen atoms in total. The van der Waals surface area contributed by atoms with Gasteiger partial charge in [0.25, 0.3) is 0 Å². The fourth-order valence-corrected chi connectivity index (χ4v) is 7.27. The summed E-state index contributed by atoms with van der Waals surface area (Å²) < 4.78 is 1.23. The van der Waals surface area contributed by atoms with E-state index in [-0.39, 0.29) is 0 Å². The first-order chi connectivity index (χ1) is 15.6. The minimum atomic E-state index is 0.623. The fraction of sp³-hybridized carbons (Fsp3) is 0.423. The first-order valence-corrected chi connectivity index (χ1v) is 14.5. The minimum Gasteiger partial charge on any atom is -0.242 e. The van der Waals surface area contributed by atoms with Gasteiger partial charge in [0, 0.05) is 11.1 Å². The van der Waals surface area contributed by atoms with Crippen LogP contribution in [0.2, 0.25) is 0 Å². The second-order valence-corrected chi connectivity index (χ2v) is 11.7. The molecular weight excluding hydrogens is 451 g/mol. The van der Waals surface area contributed by atoms with E-state index in [0.717, 1.165) is 52.0 Å². The topological polar surface area (TPSA) is 38.7 Å². The number of thioether (sulfide) groups is 2. The van der Waals surface area contributed by atoms with Gasteiger partial charge < -0.3 is 0 Å². The quantitative estimate of drug-likeness (QED) is 0.114. The molecule has 166 valence electrons. The Morgan fingerprint density at radius 3 is 2.62 bits per heavy atom. The van der Waals surface area contributed by atoms with Gasteiger partial charge in [0.05, 0.1) is 10.2 Å². The molecule has 0 atom stereocenters. The third kappa shape index (κ3) is 4.42. The van der Waals surface area contributed by atoms with Gasteiger partial charge in [-0.25, -0.2) is 15.0 Å². The molecule has 0 bridgehead atoms. The number of benzene rings is 1. The molecule has 0 radical (unpaired) electrons.